The molecule has 4 atom stereocenters. The lowest BCUT2D eigenvalue weighted by Gasteiger charge is -2.42. The number of nitrogens with zero attached hydrogens (tertiary/aromatic N) is 5. The summed E-state index contributed by atoms with van der Waals surface area (Å²) in [6, 6.07) is 7.29. The maximum Gasteiger partial charge on any atom is 0.426 e. The third-order valence-electron chi connectivity index (χ3n) is 12.6. The molecule has 0 radical (unpaired) electrons. The third kappa shape index (κ3) is 6.63. The van der Waals surface area contributed by atoms with Crippen molar-refractivity contribution in [1.29, 1.82) is 0 Å². The Morgan fingerprint density at radius 2 is 1.77 bits per heavy atom. The van der Waals surface area contributed by atoms with Gasteiger partial charge in [-0.25, -0.2) is 13.8 Å². The third-order valence-corrected chi connectivity index (χ3v) is 12.6. The number of benzene rings is 2. The molecule has 2 aromatic carbocycles. The van der Waals surface area contributed by atoms with Crippen LogP contribution in [0.4, 0.5) is 40.9 Å². The molecular weight excluding hydrogens is 760 g/mol. The topological polar surface area (TPSA) is 75.6 Å². The normalized spacial score (nSPS) is 24.3. The minimum absolute atomic E-state index is 0.0136. The van der Waals surface area contributed by atoms with E-state index in [-0.39, 0.29) is 54.8 Å². The Balaban J connectivity index is 1.19. The second-order valence-electron chi connectivity index (χ2n) is 15.8. The molecule has 2 aromatic heterocycles. The van der Waals surface area contributed by atoms with Gasteiger partial charge in [0.05, 0.1) is 28.8 Å². The lowest BCUT2D eigenvalue weighted by Crippen LogP contribution is -2.58. The van der Waals surface area contributed by atoms with Crippen molar-refractivity contribution in [2.24, 2.45) is 0 Å². The Hall–Kier alpha value is -4.33. The van der Waals surface area contributed by atoms with Crippen molar-refractivity contribution in [3.8, 4) is 29.6 Å². The van der Waals surface area contributed by atoms with E-state index < -0.39 is 47.8 Å². The van der Waals surface area contributed by atoms with Gasteiger partial charge in [-0.05, 0) is 76.3 Å². The van der Waals surface area contributed by atoms with E-state index in [4.69, 9.17) is 25.9 Å². The van der Waals surface area contributed by atoms with E-state index in [2.05, 4.69) is 28.0 Å². The Kier molecular flexibility index (Phi) is 10.0. The molecule has 0 spiro atoms. The minimum Gasteiger partial charge on any atom is -0.461 e. The van der Waals surface area contributed by atoms with E-state index in [9.17, 15) is 26.3 Å². The van der Waals surface area contributed by atoms with Crippen molar-refractivity contribution in [3.05, 3.63) is 53.2 Å². The number of alkyl halides is 6. The molecule has 0 aliphatic carbocycles. The van der Waals surface area contributed by atoms with Gasteiger partial charge in [-0.1, -0.05) is 37.1 Å². The highest BCUT2D eigenvalue weighted by Crippen LogP contribution is 2.48. The number of anilines is 1. The highest BCUT2D eigenvalue weighted by molar-refractivity contribution is 6.02. The summed E-state index contributed by atoms with van der Waals surface area (Å²) in [5, 5.41) is 4.99. The van der Waals surface area contributed by atoms with Crippen molar-refractivity contribution >= 4 is 27.5 Å². The molecule has 0 unspecified atom stereocenters. The average Bonchev–Trinajstić information content (AvgIpc) is 3.74. The van der Waals surface area contributed by atoms with Crippen LogP contribution in [0.3, 0.4) is 0 Å². The number of aromatic nitrogens is 3. The summed E-state index contributed by atoms with van der Waals surface area (Å²) >= 11 is 0. The predicted molar refractivity (Wildman–Crippen MR) is 198 cm³/mol. The molecule has 3 fully saturated rings. The van der Waals surface area contributed by atoms with Gasteiger partial charge >= 0.3 is 18.4 Å². The minimum atomic E-state index is -5.67. The second-order valence-corrected chi connectivity index (χ2v) is 15.8. The van der Waals surface area contributed by atoms with Gasteiger partial charge in [-0.2, -0.15) is 36.3 Å². The van der Waals surface area contributed by atoms with Crippen LogP contribution in [0, 0.1) is 24.0 Å². The Morgan fingerprint density at radius 1 is 0.982 bits per heavy atom. The molecule has 0 bridgehead atoms. The molecule has 0 saturated carbocycles. The number of hydrogen-bond acceptors (Lipinski definition) is 8. The van der Waals surface area contributed by atoms with E-state index in [1.165, 1.54) is 6.07 Å². The van der Waals surface area contributed by atoms with Gasteiger partial charge in [0.25, 0.3) is 5.60 Å². The van der Waals surface area contributed by atoms with Crippen LogP contribution in [0.25, 0.3) is 32.9 Å². The number of halogens is 8. The molecule has 8 nitrogen and oxygen atoms in total. The van der Waals surface area contributed by atoms with Gasteiger partial charge in [0.15, 0.2) is 5.82 Å². The molecule has 6 heterocycles. The molecule has 4 aliphatic rings. The molecule has 1 N–H and O–H groups in total. The second kappa shape index (κ2) is 14.5. The first kappa shape index (κ1) is 39.5. The zero-order valence-electron chi connectivity index (χ0n) is 31.5. The summed E-state index contributed by atoms with van der Waals surface area (Å²) in [5.74, 6) is 1.50. The Morgan fingerprint density at radius 3 is 2.51 bits per heavy atom. The molecule has 16 heteroatoms. The van der Waals surface area contributed by atoms with Crippen molar-refractivity contribution in [2.45, 2.75) is 107 Å². The van der Waals surface area contributed by atoms with E-state index >= 15 is 8.78 Å². The zero-order valence-corrected chi connectivity index (χ0v) is 31.5. The predicted octanol–water partition coefficient (Wildman–Crippen LogP) is 8.27. The molecule has 4 aliphatic heterocycles. The lowest BCUT2D eigenvalue weighted by atomic mass is 9.94. The number of fused-ring (bicyclic) bond motifs is 4. The number of pyridine rings is 1. The smallest absolute Gasteiger partial charge is 0.426 e. The molecule has 0 amide bonds. The summed E-state index contributed by atoms with van der Waals surface area (Å²) in [4.78, 5) is 18.5. The standard InChI is InChI=1S/C41H42F8N6O2/c1-4-24-20-54-25(19-50-24)10-7-12-30-32-35(33(43)34(51-30)28-11-6-9-23-13-14-29(42)27(5-2)31(23)28)52-37(53-36(32)54)56-22-39-16-8-18-55(39)26(15-17-39)21-57-38(3,40(44,45)46)41(47,48)49/h2,6,9,11,13-14,24-26,50H,4,7-8,10,12,15-22H2,1,3H3/t24-,25-,26+,39+/m1/s1. The lowest BCUT2D eigenvalue weighted by molar-refractivity contribution is -0.375. The summed E-state index contributed by atoms with van der Waals surface area (Å²) in [6.07, 6.45) is -0.773. The van der Waals surface area contributed by atoms with Crippen molar-refractivity contribution in [2.75, 3.05) is 37.7 Å². The maximum absolute atomic E-state index is 17.3. The molecule has 304 valence electrons. The van der Waals surface area contributed by atoms with Crippen molar-refractivity contribution in [1.82, 2.24) is 25.2 Å². The highest BCUT2D eigenvalue weighted by atomic mass is 19.4. The fraction of sp³-hybridized carbons (Fsp3) is 0.537. The fourth-order valence-corrected chi connectivity index (χ4v) is 9.26. The van der Waals surface area contributed by atoms with Gasteiger partial charge in [-0.15, -0.1) is 6.42 Å². The van der Waals surface area contributed by atoms with Crippen LogP contribution in [-0.2, 0) is 11.2 Å². The van der Waals surface area contributed by atoms with Gasteiger partial charge in [0.1, 0.15) is 29.5 Å². The number of piperazine rings is 1. The number of rotatable bonds is 8. The van der Waals surface area contributed by atoms with E-state index in [0.717, 1.165) is 19.3 Å². The summed E-state index contributed by atoms with van der Waals surface area (Å²) < 4.78 is 125. The van der Waals surface area contributed by atoms with Crippen LogP contribution in [0.15, 0.2) is 30.3 Å². The van der Waals surface area contributed by atoms with Crippen molar-refractivity contribution in [3.63, 3.8) is 0 Å². The quantitative estimate of drug-likeness (QED) is 0.141. The summed E-state index contributed by atoms with van der Waals surface area (Å²) in [5.41, 5.74) is -4.27. The summed E-state index contributed by atoms with van der Waals surface area (Å²) in [6.45, 7) is 2.97. The van der Waals surface area contributed by atoms with E-state index in [0.29, 0.717) is 78.6 Å². The fourth-order valence-electron chi connectivity index (χ4n) is 9.26. The Bertz CT molecular complexity index is 2230. The van der Waals surface area contributed by atoms with Crippen LogP contribution in [-0.4, -0.2) is 94.3 Å². The highest BCUT2D eigenvalue weighted by Gasteiger charge is 2.69. The van der Waals surface area contributed by atoms with Gasteiger partial charge in [0.2, 0.25) is 0 Å². The first-order valence-corrected chi connectivity index (χ1v) is 19.3. The van der Waals surface area contributed by atoms with Crippen LogP contribution in [0.5, 0.6) is 6.01 Å². The number of aryl methyl sites for hydroxylation is 1. The first-order valence-electron chi connectivity index (χ1n) is 19.3. The van der Waals surface area contributed by atoms with Gasteiger partial charge in [0, 0.05) is 42.2 Å². The molecule has 4 aromatic rings. The number of hydrogen-bond donors (Lipinski definition) is 1. The number of ether oxygens (including phenoxy) is 2. The van der Waals surface area contributed by atoms with Crippen molar-refractivity contribution < 1.29 is 44.6 Å². The van der Waals surface area contributed by atoms with E-state index in [1.807, 2.05) is 4.90 Å². The van der Waals surface area contributed by atoms with Gasteiger partial charge < -0.3 is 19.7 Å². The number of terminal acetylenes is 1. The van der Waals surface area contributed by atoms with Crippen LogP contribution in [0.2, 0.25) is 0 Å². The zero-order chi connectivity index (χ0) is 40.5. The van der Waals surface area contributed by atoms with Crippen LogP contribution in [0.1, 0.15) is 70.1 Å². The first-order chi connectivity index (χ1) is 27.1. The monoisotopic (exact) mass is 802 g/mol. The van der Waals surface area contributed by atoms with Crippen LogP contribution < -0.4 is 15.0 Å². The molecule has 57 heavy (non-hydrogen) atoms. The SMILES string of the molecule is C#Cc1c(F)ccc2cccc(-c3nc4c5c(nc(OC[C@@]67CCCN6[C@H](COC(C)(C(F)(F)F)C(F)(F)F)CC7)nc5c3F)N3C[C@@H](CC)NC[C@H]3CCC4)c12. The maximum atomic E-state index is 17.3. The largest absolute Gasteiger partial charge is 0.461 e. The average molecular weight is 803 g/mol. The molecule has 8 rings (SSSR count). The molecule has 3 saturated heterocycles. The summed E-state index contributed by atoms with van der Waals surface area (Å²) in [7, 11) is 0. The van der Waals surface area contributed by atoms with Crippen LogP contribution >= 0.6 is 0 Å². The Labute approximate surface area is 324 Å². The van der Waals surface area contributed by atoms with E-state index in [1.54, 1.807) is 24.3 Å². The van der Waals surface area contributed by atoms with Gasteiger partial charge in [-0.3, -0.25) is 4.90 Å². The molecular formula is C41H42F8N6O2. The number of nitrogens with one attached hydrogen (secondary N) is 1.